The van der Waals surface area contributed by atoms with E-state index < -0.39 is 0 Å². The molecule has 8 aromatic rings. The fraction of sp³-hybridized carbons (Fsp3) is 0.0408. The number of nitrogens with zero attached hydrogens (tertiary/aromatic N) is 5. The third-order valence-corrected chi connectivity index (χ3v) is 11.0. The van der Waals surface area contributed by atoms with Crippen molar-refractivity contribution in [3.63, 3.8) is 0 Å². The molecule has 256 valence electrons. The molecular weight excluding hydrogens is 659 g/mol. The van der Waals surface area contributed by atoms with Crippen molar-refractivity contribution < 1.29 is 0 Å². The summed E-state index contributed by atoms with van der Waals surface area (Å²) in [5, 5.41) is 9.68. The second-order valence-electron chi connectivity index (χ2n) is 14.2. The van der Waals surface area contributed by atoms with Crippen LogP contribution in [0.2, 0.25) is 0 Å². The molecule has 0 aliphatic carbocycles. The van der Waals surface area contributed by atoms with Gasteiger partial charge in [-0.3, -0.25) is 5.01 Å². The van der Waals surface area contributed by atoms with Crippen LogP contribution in [-0.4, -0.2) is 20.4 Å². The first kappa shape index (κ1) is 30.7. The molecule has 3 atom stereocenters. The first-order valence-electron chi connectivity index (χ1n) is 18.5. The molecule has 1 aromatic heterocycles. The maximum absolute atomic E-state index is 5.33. The Morgan fingerprint density at radius 2 is 1.28 bits per heavy atom. The molecule has 0 saturated carbocycles. The molecule has 0 bridgehead atoms. The number of fused-ring (bicyclic) bond motifs is 6. The van der Waals surface area contributed by atoms with Crippen LogP contribution in [0.1, 0.15) is 34.6 Å². The van der Waals surface area contributed by atoms with Crippen LogP contribution >= 0.6 is 0 Å². The van der Waals surface area contributed by atoms with Crippen LogP contribution in [0, 0.1) is 0 Å². The number of anilines is 2. The maximum Gasteiger partial charge on any atom is 0.150 e. The van der Waals surface area contributed by atoms with Crippen molar-refractivity contribution in [2.75, 3.05) is 4.90 Å². The van der Waals surface area contributed by atoms with Crippen LogP contribution in [-0.2, 0) is 0 Å². The number of hydrazine groups is 1. The van der Waals surface area contributed by atoms with Crippen molar-refractivity contribution in [2.24, 2.45) is 4.99 Å². The van der Waals surface area contributed by atoms with Crippen LogP contribution in [0.5, 0.6) is 0 Å². The van der Waals surface area contributed by atoms with Gasteiger partial charge in [0, 0.05) is 39.5 Å². The van der Waals surface area contributed by atoms with E-state index in [0.717, 1.165) is 50.7 Å². The van der Waals surface area contributed by atoms with Crippen molar-refractivity contribution in [1.29, 1.82) is 0 Å². The van der Waals surface area contributed by atoms with Gasteiger partial charge in [-0.1, -0.05) is 134 Å². The Labute approximate surface area is 313 Å². The van der Waals surface area contributed by atoms with Gasteiger partial charge in [-0.15, -0.1) is 0 Å². The SMILES string of the molecule is C=C1/C=C\C=C/N(c2ccccc2)c2cc3c4ccccc4n(-c4ccc(C5N=C(c6ccccc6)N6C(c7ccc8ccccc8c7)N56)cc4)c3cc21. The average molecular weight is 694 g/mol. The second-order valence-corrected chi connectivity index (χ2v) is 14.2. The fourth-order valence-electron chi connectivity index (χ4n) is 8.40. The molecule has 7 aromatic carbocycles. The fourth-order valence-corrected chi connectivity index (χ4v) is 8.40. The molecule has 54 heavy (non-hydrogen) atoms. The van der Waals surface area contributed by atoms with Gasteiger partial charge in [-0.2, -0.15) is 5.01 Å². The minimum Gasteiger partial charge on any atom is -0.317 e. The molecule has 0 amide bonds. The summed E-state index contributed by atoms with van der Waals surface area (Å²) in [5.41, 5.74) is 11.3. The summed E-state index contributed by atoms with van der Waals surface area (Å²) in [6.07, 6.45) is 8.37. The highest BCUT2D eigenvalue weighted by molar-refractivity contribution is 6.12. The van der Waals surface area contributed by atoms with Crippen LogP contribution in [0.4, 0.5) is 11.4 Å². The summed E-state index contributed by atoms with van der Waals surface area (Å²) in [4.78, 5) is 7.59. The molecule has 3 aliphatic heterocycles. The number of hydrogen-bond donors (Lipinski definition) is 0. The number of para-hydroxylation sites is 2. The summed E-state index contributed by atoms with van der Waals surface area (Å²) in [5.74, 6) is 1.01. The molecule has 0 radical (unpaired) electrons. The van der Waals surface area contributed by atoms with Crippen molar-refractivity contribution in [2.45, 2.75) is 12.3 Å². The smallest absolute Gasteiger partial charge is 0.150 e. The van der Waals surface area contributed by atoms with E-state index >= 15 is 0 Å². The quantitative estimate of drug-likeness (QED) is 0.168. The highest BCUT2D eigenvalue weighted by Gasteiger charge is 2.57. The minimum atomic E-state index is -0.129. The zero-order valence-corrected chi connectivity index (χ0v) is 29.5. The average Bonchev–Trinajstić information content (AvgIpc) is 3.69. The van der Waals surface area contributed by atoms with Gasteiger partial charge in [0.2, 0.25) is 0 Å². The Morgan fingerprint density at radius 1 is 0.556 bits per heavy atom. The van der Waals surface area contributed by atoms with E-state index in [1.165, 1.54) is 32.6 Å². The standard InChI is InChI=1S/C49H35N5/c1-33-14-12-13-29-51(39-19-6-3-7-20-39)45-32-43-41-21-10-11-22-44(41)52(46(43)31-42(33)45)40-27-25-36(26-28-40)48-50-47(35-16-4-2-5-17-35)53-49(54(48)53)38-24-23-34-15-8-9-18-37(34)30-38/h2-32,48-49H,1H2/b14-12-,29-13-. The molecule has 0 N–H and O–H groups in total. The molecule has 5 nitrogen and oxygen atoms in total. The molecule has 3 unspecified atom stereocenters. The van der Waals surface area contributed by atoms with Crippen LogP contribution in [0.25, 0.3) is 43.8 Å². The van der Waals surface area contributed by atoms with Gasteiger partial charge in [0.1, 0.15) is 18.2 Å². The highest BCUT2D eigenvalue weighted by Crippen LogP contribution is 2.54. The van der Waals surface area contributed by atoms with Crippen LogP contribution < -0.4 is 4.90 Å². The van der Waals surface area contributed by atoms with Crippen molar-refractivity contribution in [3.8, 4) is 5.69 Å². The molecule has 1 saturated heterocycles. The van der Waals surface area contributed by atoms with Gasteiger partial charge in [0.25, 0.3) is 0 Å². The van der Waals surface area contributed by atoms with Crippen LogP contribution in [0.3, 0.4) is 0 Å². The van der Waals surface area contributed by atoms with Gasteiger partial charge in [0.15, 0.2) is 0 Å². The lowest BCUT2D eigenvalue weighted by Gasteiger charge is -2.25. The lowest BCUT2D eigenvalue weighted by molar-refractivity contribution is 0.341. The summed E-state index contributed by atoms with van der Waals surface area (Å²) in [6, 6.07) is 58.8. The van der Waals surface area contributed by atoms with E-state index in [9.17, 15) is 0 Å². The minimum absolute atomic E-state index is 0.122. The number of hydrogen-bond acceptors (Lipinski definition) is 4. The number of aliphatic imine (C=N–C) groups is 1. The largest absolute Gasteiger partial charge is 0.317 e. The maximum atomic E-state index is 5.33. The van der Waals surface area contributed by atoms with Gasteiger partial charge in [-0.05, 0) is 82.1 Å². The molecule has 0 spiro atoms. The number of aromatic nitrogens is 1. The normalized spacial score (nSPS) is 20.0. The van der Waals surface area contributed by atoms with E-state index in [0.29, 0.717) is 0 Å². The number of amidine groups is 1. The van der Waals surface area contributed by atoms with Crippen molar-refractivity contribution in [3.05, 3.63) is 217 Å². The molecule has 3 aliphatic rings. The van der Waals surface area contributed by atoms with Gasteiger partial charge >= 0.3 is 0 Å². The number of allylic oxidation sites excluding steroid dienone is 4. The Morgan fingerprint density at radius 3 is 2.11 bits per heavy atom. The van der Waals surface area contributed by atoms with E-state index in [1.807, 2.05) is 0 Å². The Hall–Kier alpha value is -6.95. The number of rotatable bonds is 5. The first-order chi connectivity index (χ1) is 26.7. The Kier molecular flexibility index (Phi) is 6.84. The third kappa shape index (κ3) is 4.79. The summed E-state index contributed by atoms with van der Waals surface area (Å²) in [7, 11) is 0. The monoisotopic (exact) mass is 693 g/mol. The predicted octanol–water partition coefficient (Wildman–Crippen LogP) is 11.9. The summed E-state index contributed by atoms with van der Waals surface area (Å²) >= 11 is 0. The lowest BCUT2D eigenvalue weighted by Crippen LogP contribution is -2.11. The topological polar surface area (TPSA) is 26.5 Å². The zero-order chi connectivity index (χ0) is 35.8. The van der Waals surface area contributed by atoms with E-state index in [1.54, 1.807) is 0 Å². The van der Waals surface area contributed by atoms with Crippen molar-refractivity contribution >= 4 is 55.4 Å². The number of benzene rings is 7. The van der Waals surface area contributed by atoms with E-state index in [2.05, 4.69) is 214 Å². The van der Waals surface area contributed by atoms with E-state index in [4.69, 9.17) is 4.99 Å². The third-order valence-electron chi connectivity index (χ3n) is 11.0. The predicted molar refractivity (Wildman–Crippen MR) is 223 cm³/mol. The van der Waals surface area contributed by atoms with E-state index in [-0.39, 0.29) is 12.3 Å². The van der Waals surface area contributed by atoms with Gasteiger partial charge in [0.05, 0.1) is 16.7 Å². The van der Waals surface area contributed by atoms with Crippen LogP contribution in [0.15, 0.2) is 200 Å². The Balaban J connectivity index is 1.02. The Bertz CT molecular complexity index is 2860. The lowest BCUT2D eigenvalue weighted by atomic mass is 9.99. The molecule has 4 heterocycles. The van der Waals surface area contributed by atoms with Crippen molar-refractivity contribution in [1.82, 2.24) is 14.6 Å². The van der Waals surface area contributed by atoms with Gasteiger partial charge in [-0.25, -0.2) is 4.99 Å². The molecule has 1 fully saturated rings. The highest BCUT2D eigenvalue weighted by atomic mass is 15.9. The zero-order valence-electron chi connectivity index (χ0n) is 29.5. The molecule has 11 rings (SSSR count). The summed E-state index contributed by atoms with van der Waals surface area (Å²) < 4.78 is 2.39. The summed E-state index contributed by atoms with van der Waals surface area (Å²) in [6.45, 7) is 4.51. The second kappa shape index (κ2) is 12.1. The first-order valence-corrected chi connectivity index (χ1v) is 18.5. The molecular formula is C49H35N5. The van der Waals surface area contributed by atoms with Gasteiger partial charge < -0.3 is 9.47 Å². The molecule has 5 heteroatoms.